The van der Waals surface area contributed by atoms with Gasteiger partial charge >= 0.3 is 0 Å². The van der Waals surface area contributed by atoms with Gasteiger partial charge in [0, 0.05) is 29.8 Å². The van der Waals surface area contributed by atoms with Crippen molar-refractivity contribution in [1.29, 1.82) is 0 Å². The van der Waals surface area contributed by atoms with E-state index in [0.29, 0.717) is 41.1 Å². The molecular weight excluding hydrogens is 511 g/mol. The first-order valence-corrected chi connectivity index (χ1v) is 13.4. The molecule has 0 saturated heterocycles. The van der Waals surface area contributed by atoms with Crippen molar-refractivity contribution >= 4 is 29.0 Å². The Morgan fingerprint density at radius 2 is 1.54 bits per heavy atom. The molecule has 9 heteroatoms. The third-order valence-electron chi connectivity index (χ3n) is 6.80. The number of carbonyl (C=O) groups excluding carboxylic acids is 1. The number of aromatic nitrogens is 4. The smallest absolute Gasteiger partial charge is 0.254 e. The quantitative estimate of drug-likeness (QED) is 0.249. The van der Waals surface area contributed by atoms with Gasteiger partial charge in [-0.05, 0) is 49.6 Å². The number of hydrogen-bond acceptors (Lipinski definition) is 6. The van der Waals surface area contributed by atoms with E-state index in [1.165, 1.54) is 35.8 Å². The maximum atomic E-state index is 13.5. The molecule has 0 fully saturated rings. The number of hydrogen-bond donors (Lipinski definition) is 0. The van der Waals surface area contributed by atoms with Gasteiger partial charge in [0.2, 0.25) is 0 Å². The summed E-state index contributed by atoms with van der Waals surface area (Å²) in [7, 11) is 0. The Morgan fingerprint density at radius 3 is 2.13 bits per heavy atom. The van der Waals surface area contributed by atoms with Crippen molar-refractivity contribution in [3.63, 3.8) is 0 Å². The van der Waals surface area contributed by atoms with Crippen molar-refractivity contribution in [2.45, 2.75) is 26.4 Å². The van der Waals surface area contributed by atoms with Crippen LogP contribution in [0.25, 0.3) is 10.8 Å². The van der Waals surface area contributed by atoms with Crippen molar-refractivity contribution in [3.05, 3.63) is 119 Å². The molecule has 7 nitrogen and oxygen atoms in total. The average molecular weight is 537 g/mol. The minimum Gasteiger partial charge on any atom is -0.328 e. The fourth-order valence-electron chi connectivity index (χ4n) is 4.90. The van der Waals surface area contributed by atoms with E-state index in [-0.39, 0.29) is 17.8 Å². The second-order valence-electron chi connectivity index (χ2n) is 9.32. The molecule has 3 aromatic carbocycles. The van der Waals surface area contributed by atoms with Crippen LogP contribution in [0.3, 0.4) is 0 Å². The van der Waals surface area contributed by atoms with Crippen molar-refractivity contribution < 1.29 is 9.18 Å². The lowest BCUT2D eigenvalue weighted by Crippen LogP contribution is -2.41. The average Bonchev–Trinajstić information content (AvgIpc) is 3.56. The van der Waals surface area contributed by atoms with Crippen molar-refractivity contribution in [2.24, 2.45) is 4.99 Å². The third-order valence-corrected chi connectivity index (χ3v) is 7.60. The first-order chi connectivity index (χ1) is 19.0. The SMILES string of the molecule is Cc1nsc(-c2nc(N=C(c3ccccc3)c3ccccc3)c3n2CCN(C(=O)c2ccc(F)cc2)[C@@H]3C)n1. The molecule has 1 atom stereocenters. The highest BCUT2D eigenvalue weighted by Crippen LogP contribution is 2.38. The summed E-state index contributed by atoms with van der Waals surface area (Å²) >= 11 is 1.30. The van der Waals surface area contributed by atoms with E-state index in [0.717, 1.165) is 22.5 Å². The molecule has 1 amide bonds. The van der Waals surface area contributed by atoms with Crippen molar-refractivity contribution in [3.8, 4) is 10.8 Å². The van der Waals surface area contributed by atoms with Gasteiger partial charge in [0.15, 0.2) is 16.6 Å². The number of aliphatic imine (C=N–C) groups is 1. The number of aryl methyl sites for hydroxylation is 1. The Morgan fingerprint density at radius 1 is 0.897 bits per heavy atom. The predicted molar refractivity (Wildman–Crippen MR) is 150 cm³/mol. The molecule has 1 aliphatic heterocycles. The van der Waals surface area contributed by atoms with Crippen LogP contribution >= 0.6 is 11.5 Å². The Hall–Kier alpha value is -4.50. The summed E-state index contributed by atoms with van der Waals surface area (Å²) in [4.78, 5) is 30.0. The predicted octanol–water partition coefficient (Wildman–Crippen LogP) is 6.24. The Balaban J connectivity index is 1.51. The second-order valence-corrected chi connectivity index (χ2v) is 10.1. The standard InChI is InChI=1S/C30H25FN6OS/c1-19-26-27(33-25(21-9-5-3-6-10-21)22-11-7-4-8-12-22)34-28(29-32-20(2)35-39-29)37(26)18-17-36(19)30(38)23-13-15-24(31)16-14-23/h3-16,19H,17-18H2,1-2H3/t19-/m1/s1. The number of nitrogens with zero attached hydrogens (tertiary/aromatic N) is 6. The van der Waals surface area contributed by atoms with Gasteiger partial charge in [0.1, 0.15) is 11.6 Å². The number of benzene rings is 3. The number of amides is 1. The molecule has 0 unspecified atom stereocenters. The molecule has 194 valence electrons. The Kier molecular flexibility index (Phi) is 6.58. The van der Waals surface area contributed by atoms with Crippen LogP contribution in [-0.4, -0.2) is 42.0 Å². The molecule has 0 aliphatic carbocycles. The molecular formula is C30H25FN6OS. The summed E-state index contributed by atoms with van der Waals surface area (Å²) in [5.41, 5.74) is 3.97. The minimum absolute atomic E-state index is 0.162. The van der Waals surface area contributed by atoms with E-state index in [1.807, 2.05) is 74.5 Å². The molecule has 1 aliphatic rings. The third kappa shape index (κ3) is 4.77. The maximum Gasteiger partial charge on any atom is 0.254 e. The zero-order chi connectivity index (χ0) is 26.9. The first-order valence-electron chi connectivity index (χ1n) is 12.7. The molecule has 0 spiro atoms. The van der Waals surface area contributed by atoms with Crippen LogP contribution in [0.5, 0.6) is 0 Å². The lowest BCUT2D eigenvalue weighted by Gasteiger charge is -2.35. The lowest BCUT2D eigenvalue weighted by atomic mass is 10.0. The van der Waals surface area contributed by atoms with Gasteiger partial charge in [0.25, 0.3) is 5.91 Å². The van der Waals surface area contributed by atoms with Crippen LogP contribution in [0.1, 0.15) is 46.0 Å². The zero-order valence-electron chi connectivity index (χ0n) is 21.5. The molecule has 3 heterocycles. The molecule has 5 aromatic rings. The van der Waals surface area contributed by atoms with Gasteiger partial charge in [-0.3, -0.25) is 4.79 Å². The topological polar surface area (TPSA) is 76.3 Å². The van der Waals surface area contributed by atoms with Gasteiger partial charge in [-0.1, -0.05) is 60.7 Å². The van der Waals surface area contributed by atoms with Crippen LogP contribution in [0.4, 0.5) is 10.2 Å². The van der Waals surface area contributed by atoms with Gasteiger partial charge < -0.3 is 9.47 Å². The van der Waals surface area contributed by atoms with E-state index in [1.54, 1.807) is 4.90 Å². The summed E-state index contributed by atoms with van der Waals surface area (Å²) in [5.74, 6) is 1.37. The number of fused-ring (bicyclic) bond motifs is 1. The summed E-state index contributed by atoms with van der Waals surface area (Å²) in [6, 6.07) is 25.3. The largest absolute Gasteiger partial charge is 0.328 e. The van der Waals surface area contributed by atoms with Crippen LogP contribution in [0.15, 0.2) is 89.9 Å². The second kappa shape index (κ2) is 10.3. The number of imidazole rings is 1. The molecule has 39 heavy (non-hydrogen) atoms. The molecule has 0 N–H and O–H groups in total. The fraction of sp³-hybridized carbons (Fsp3) is 0.167. The summed E-state index contributed by atoms with van der Waals surface area (Å²) < 4.78 is 20.0. The molecule has 0 saturated carbocycles. The van der Waals surface area contributed by atoms with Crippen LogP contribution in [-0.2, 0) is 6.54 Å². The van der Waals surface area contributed by atoms with Gasteiger partial charge in [-0.15, -0.1) is 0 Å². The summed E-state index contributed by atoms with van der Waals surface area (Å²) in [5, 5.41) is 0.710. The van der Waals surface area contributed by atoms with Crippen LogP contribution in [0.2, 0.25) is 0 Å². The maximum absolute atomic E-state index is 13.5. The molecule has 6 rings (SSSR count). The number of halogens is 1. The summed E-state index contributed by atoms with van der Waals surface area (Å²) in [6.07, 6.45) is 0. The molecule has 0 bridgehead atoms. The van der Waals surface area contributed by atoms with E-state index in [9.17, 15) is 9.18 Å². The van der Waals surface area contributed by atoms with E-state index >= 15 is 0 Å². The highest BCUT2D eigenvalue weighted by atomic mass is 32.1. The zero-order valence-corrected chi connectivity index (χ0v) is 22.3. The fourth-order valence-corrected chi connectivity index (χ4v) is 5.57. The van der Waals surface area contributed by atoms with Crippen molar-refractivity contribution in [1.82, 2.24) is 23.8 Å². The van der Waals surface area contributed by atoms with E-state index in [2.05, 4.69) is 13.9 Å². The number of carbonyl (C=O) groups is 1. The van der Waals surface area contributed by atoms with E-state index < -0.39 is 0 Å². The molecule has 2 aromatic heterocycles. The highest BCUT2D eigenvalue weighted by Gasteiger charge is 2.34. The highest BCUT2D eigenvalue weighted by molar-refractivity contribution is 7.09. The monoisotopic (exact) mass is 536 g/mol. The normalized spacial score (nSPS) is 14.6. The number of rotatable bonds is 5. The van der Waals surface area contributed by atoms with Crippen LogP contribution < -0.4 is 0 Å². The summed E-state index contributed by atoms with van der Waals surface area (Å²) in [6.45, 7) is 4.83. The van der Waals surface area contributed by atoms with Crippen LogP contribution in [0, 0.1) is 12.7 Å². The Bertz CT molecular complexity index is 1620. The Labute approximate surface area is 229 Å². The van der Waals surface area contributed by atoms with E-state index in [4.69, 9.17) is 9.98 Å². The lowest BCUT2D eigenvalue weighted by molar-refractivity contribution is 0.0645. The first kappa shape index (κ1) is 24.8. The van der Waals surface area contributed by atoms with Gasteiger partial charge in [-0.2, -0.15) is 4.37 Å². The van der Waals surface area contributed by atoms with Crippen molar-refractivity contribution in [2.75, 3.05) is 6.54 Å². The van der Waals surface area contributed by atoms with Gasteiger partial charge in [0.05, 0.1) is 17.4 Å². The minimum atomic E-state index is -0.376. The molecule has 0 radical (unpaired) electrons. The van der Waals surface area contributed by atoms with Gasteiger partial charge in [-0.25, -0.2) is 19.4 Å².